The Hall–Kier alpha value is -4.01. The molecule has 0 atom stereocenters. The quantitative estimate of drug-likeness (QED) is 0.524. The third-order valence-electron chi connectivity index (χ3n) is 4.65. The summed E-state index contributed by atoms with van der Waals surface area (Å²) in [5, 5.41) is 10.5. The van der Waals surface area contributed by atoms with Crippen LogP contribution in [-0.2, 0) is 6.54 Å². The number of aromatic nitrogens is 4. The molecule has 3 N–H and O–H groups in total. The molecule has 4 rings (SSSR count). The zero-order valence-corrected chi connectivity index (χ0v) is 16.4. The van der Waals surface area contributed by atoms with Crippen molar-refractivity contribution in [3.63, 3.8) is 0 Å². The average molecular weight is 406 g/mol. The van der Waals surface area contributed by atoms with Crippen molar-refractivity contribution in [2.24, 2.45) is 0 Å². The molecule has 9 heteroatoms. The maximum Gasteiger partial charge on any atom is 0.280 e. The Kier molecular flexibility index (Phi) is 5.01. The molecule has 2 heterocycles. The summed E-state index contributed by atoms with van der Waals surface area (Å²) >= 11 is 0. The standard InChI is InChI=1S/C21H19FN6O2/c1-12-8-9-15(22)10-16(12)24-20(29)18-19(23)28(27-26-18)11-17-13(2)30-21(25-17)14-6-4-3-5-7-14/h3-10H,11,23H2,1-2H3,(H,24,29). The molecule has 4 aromatic rings. The highest BCUT2D eigenvalue weighted by Gasteiger charge is 2.20. The summed E-state index contributed by atoms with van der Waals surface area (Å²) in [5.41, 5.74) is 8.56. The van der Waals surface area contributed by atoms with E-state index >= 15 is 0 Å². The van der Waals surface area contributed by atoms with E-state index < -0.39 is 11.7 Å². The summed E-state index contributed by atoms with van der Waals surface area (Å²) in [5.74, 6) is 0.147. The first-order valence-corrected chi connectivity index (χ1v) is 9.20. The van der Waals surface area contributed by atoms with Gasteiger partial charge in [-0.1, -0.05) is 29.5 Å². The van der Waals surface area contributed by atoms with Crippen LogP contribution in [0.1, 0.15) is 27.5 Å². The lowest BCUT2D eigenvalue weighted by molar-refractivity contribution is 0.102. The van der Waals surface area contributed by atoms with Gasteiger partial charge in [-0.05, 0) is 43.7 Å². The van der Waals surface area contributed by atoms with Gasteiger partial charge in [0.05, 0.1) is 6.54 Å². The SMILES string of the molecule is Cc1ccc(F)cc1NC(=O)c1nnn(Cc2nc(-c3ccccc3)oc2C)c1N. The first-order valence-electron chi connectivity index (χ1n) is 9.20. The van der Waals surface area contributed by atoms with Crippen LogP contribution in [0.3, 0.4) is 0 Å². The number of oxazole rings is 1. The fourth-order valence-electron chi connectivity index (χ4n) is 2.93. The minimum absolute atomic E-state index is 0.0527. The molecule has 152 valence electrons. The van der Waals surface area contributed by atoms with E-state index in [1.807, 2.05) is 30.3 Å². The molecule has 0 bridgehead atoms. The number of hydrogen-bond donors (Lipinski definition) is 2. The van der Waals surface area contributed by atoms with Crippen LogP contribution < -0.4 is 11.1 Å². The van der Waals surface area contributed by atoms with Gasteiger partial charge in [-0.3, -0.25) is 4.79 Å². The van der Waals surface area contributed by atoms with Crippen LogP contribution in [0.5, 0.6) is 0 Å². The smallest absolute Gasteiger partial charge is 0.280 e. The van der Waals surface area contributed by atoms with Gasteiger partial charge in [0.15, 0.2) is 11.5 Å². The van der Waals surface area contributed by atoms with Crippen molar-refractivity contribution >= 4 is 17.4 Å². The summed E-state index contributed by atoms with van der Waals surface area (Å²) in [6, 6.07) is 13.6. The van der Waals surface area contributed by atoms with E-state index in [0.29, 0.717) is 28.6 Å². The van der Waals surface area contributed by atoms with E-state index in [9.17, 15) is 9.18 Å². The van der Waals surface area contributed by atoms with Crippen LogP contribution in [0, 0.1) is 19.7 Å². The van der Waals surface area contributed by atoms with Crippen molar-refractivity contribution in [3.05, 3.63) is 77.1 Å². The van der Waals surface area contributed by atoms with Crippen molar-refractivity contribution in [3.8, 4) is 11.5 Å². The monoisotopic (exact) mass is 406 g/mol. The van der Waals surface area contributed by atoms with Gasteiger partial charge in [-0.15, -0.1) is 5.10 Å². The lowest BCUT2D eigenvalue weighted by Gasteiger charge is -2.07. The first kappa shape index (κ1) is 19.3. The highest BCUT2D eigenvalue weighted by Crippen LogP contribution is 2.23. The van der Waals surface area contributed by atoms with E-state index in [1.54, 1.807) is 19.9 Å². The van der Waals surface area contributed by atoms with Gasteiger partial charge < -0.3 is 15.5 Å². The highest BCUT2D eigenvalue weighted by atomic mass is 19.1. The van der Waals surface area contributed by atoms with Crippen molar-refractivity contribution in [1.82, 2.24) is 20.0 Å². The van der Waals surface area contributed by atoms with Gasteiger partial charge >= 0.3 is 0 Å². The summed E-state index contributed by atoms with van der Waals surface area (Å²) in [6.45, 7) is 3.74. The van der Waals surface area contributed by atoms with Crippen molar-refractivity contribution in [1.29, 1.82) is 0 Å². The summed E-state index contributed by atoms with van der Waals surface area (Å²) in [6.07, 6.45) is 0. The number of aryl methyl sites for hydroxylation is 2. The third kappa shape index (κ3) is 3.77. The topological polar surface area (TPSA) is 112 Å². The number of anilines is 2. The van der Waals surface area contributed by atoms with Crippen LogP contribution in [-0.4, -0.2) is 25.9 Å². The van der Waals surface area contributed by atoms with Gasteiger partial charge in [0.2, 0.25) is 5.89 Å². The van der Waals surface area contributed by atoms with Crippen LogP contribution in [0.4, 0.5) is 15.9 Å². The number of nitrogens with one attached hydrogen (secondary N) is 1. The van der Waals surface area contributed by atoms with Gasteiger partial charge in [0, 0.05) is 11.3 Å². The van der Waals surface area contributed by atoms with E-state index in [-0.39, 0.29) is 18.1 Å². The van der Waals surface area contributed by atoms with Crippen molar-refractivity contribution < 1.29 is 13.6 Å². The molecule has 0 unspecified atom stereocenters. The molecular weight excluding hydrogens is 387 g/mol. The Morgan fingerprint density at radius 2 is 1.97 bits per heavy atom. The number of rotatable bonds is 5. The fraction of sp³-hybridized carbons (Fsp3) is 0.143. The number of nitrogens with zero attached hydrogens (tertiary/aromatic N) is 4. The lowest BCUT2D eigenvalue weighted by atomic mass is 10.2. The molecule has 0 aliphatic rings. The second-order valence-electron chi connectivity index (χ2n) is 6.78. The number of carbonyl (C=O) groups is 1. The first-order chi connectivity index (χ1) is 14.4. The molecule has 0 aliphatic heterocycles. The number of benzene rings is 2. The second kappa shape index (κ2) is 7.78. The summed E-state index contributed by atoms with van der Waals surface area (Å²) in [4.78, 5) is 17.1. The van der Waals surface area contributed by atoms with Gasteiger partial charge in [-0.2, -0.15) is 0 Å². The minimum Gasteiger partial charge on any atom is -0.441 e. The van der Waals surface area contributed by atoms with E-state index in [4.69, 9.17) is 10.2 Å². The number of hydrogen-bond acceptors (Lipinski definition) is 6. The van der Waals surface area contributed by atoms with Crippen molar-refractivity contribution in [2.45, 2.75) is 20.4 Å². The van der Waals surface area contributed by atoms with Crippen LogP contribution in [0.2, 0.25) is 0 Å². The number of amides is 1. The van der Waals surface area contributed by atoms with Gasteiger partial charge in [0.1, 0.15) is 17.3 Å². The van der Waals surface area contributed by atoms with Crippen LogP contribution in [0.15, 0.2) is 52.9 Å². The summed E-state index contributed by atoms with van der Waals surface area (Å²) < 4.78 is 20.6. The normalized spacial score (nSPS) is 10.9. The van der Waals surface area contributed by atoms with E-state index in [0.717, 1.165) is 5.56 Å². The van der Waals surface area contributed by atoms with E-state index in [1.165, 1.54) is 16.8 Å². The fourth-order valence-corrected chi connectivity index (χ4v) is 2.93. The third-order valence-corrected chi connectivity index (χ3v) is 4.65. The Labute approximate surface area is 171 Å². The molecule has 0 saturated carbocycles. The molecule has 0 spiro atoms. The Balaban J connectivity index is 1.55. The van der Waals surface area contributed by atoms with E-state index in [2.05, 4.69) is 20.6 Å². The Morgan fingerprint density at radius 1 is 1.20 bits per heavy atom. The number of carbonyl (C=O) groups excluding carboxylic acids is 1. The molecule has 0 radical (unpaired) electrons. The second-order valence-corrected chi connectivity index (χ2v) is 6.78. The molecule has 8 nitrogen and oxygen atoms in total. The molecule has 0 aliphatic carbocycles. The van der Waals surface area contributed by atoms with Gasteiger partial charge in [-0.25, -0.2) is 14.1 Å². The average Bonchev–Trinajstić information content (AvgIpc) is 3.28. The predicted octanol–water partition coefficient (Wildman–Crippen LogP) is 3.57. The molecule has 30 heavy (non-hydrogen) atoms. The number of nitrogen functional groups attached to an aromatic ring is 1. The minimum atomic E-state index is -0.575. The highest BCUT2D eigenvalue weighted by molar-refractivity contribution is 6.06. The summed E-state index contributed by atoms with van der Waals surface area (Å²) in [7, 11) is 0. The molecule has 0 fully saturated rings. The molecule has 0 saturated heterocycles. The molecular formula is C21H19FN6O2. The zero-order valence-electron chi connectivity index (χ0n) is 16.4. The Morgan fingerprint density at radius 3 is 2.73 bits per heavy atom. The number of halogens is 1. The maximum atomic E-state index is 13.5. The van der Waals surface area contributed by atoms with Crippen LogP contribution in [0.25, 0.3) is 11.5 Å². The lowest BCUT2D eigenvalue weighted by Crippen LogP contribution is -2.16. The Bertz CT molecular complexity index is 1220. The largest absolute Gasteiger partial charge is 0.441 e. The van der Waals surface area contributed by atoms with Crippen LogP contribution >= 0.6 is 0 Å². The number of nitrogens with two attached hydrogens (primary N) is 1. The molecule has 2 aromatic carbocycles. The van der Waals surface area contributed by atoms with Gasteiger partial charge in [0.25, 0.3) is 5.91 Å². The van der Waals surface area contributed by atoms with Crippen molar-refractivity contribution in [2.75, 3.05) is 11.1 Å². The predicted molar refractivity (Wildman–Crippen MR) is 109 cm³/mol. The zero-order chi connectivity index (χ0) is 21.3. The molecule has 1 amide bonds. The molecule has 2 aromatic heterocycles. The maximum absolute atomic E-state index is 13.5.